The standard InChI is InChI=1S/C14H20ClNO/c1-2-5-13(11-8-9-16-10-11)17-14-7-4-3-6-12(14)15/h3-4,6-7,11,13,16H,2,5,8-10H2,1H3/t11-,13+/m0/s1. The van der Waals surface area contributed by atoms with E-state index in [1.54, 1.807) is 0 Å². The maximum absolute atomic E-state index is 6.13. The molecule has 1 fully saturated rings. The van der Waals surface area contributed by atoms with E-state index in [1.807, 2.05) is 24.3 Å². The maximum atomic E-state index is 6.13. The molecule has 1 aliphatic heterocycles. The molecule has 3 heteroatoms. The average Bonchev–Trinajstić information content (AvgIpc) is 2.85. The molecule has 2 nitrogen and oxygen atoms in total. The SMILES string of the molecule is CCC[C@@H](Oc1ccccc1Cl)[C@H]1CCNC1. The first-order chi connectivity index (χ1) is 8.31. The number of benzene rings is 1. The summed E-state index contributed by atoms with van der Waals surface area (Å²) in [4.78, 5) is 0. The second kappa shape index (κ2) is 6.27. The molecular formula is C14H20ClNO. The van der Waals surface area contributed by atoms with E-state index in [9.17, 15) is 0 Å². The average molecular weight is 254 g/mol. The predicted molar refractivity (Wildman–Crippen MR) is 71.8 cm³/mol. The van der Waals surface area contributed by atoms with Gasteiger partial charge < -0.3 is 10.1 Å². The molecule has 0 unspecified atom stereocenters. The molecule has 94 valence electrons. The van der Waals surface area contributed by atoms with Crippen molar-refractivity contribution in [2.75, 3.05) is 13.1 Å². The Labute approximate surface area is 108 Å². The second-order valence-electron chi connectivity index (χ2n) is 4.63. The Bertz CT molecular complexity index is 350. The van der Waals surface area contributed by atoms with Gasteiger partial charge in [0.1, 0.15) is 11.9 Å². The Morgan fingerprint density at radius 1 is 1.47 bits per heavy atom. The summed E-state index contributed by atoms with van der Waals surface area (Å²) in [6, 6.07) is 7.73. The van der Waals surface area contributed by atoms with E-state index in [4.69, 9.17) is 16.3 Å². The zero-order valence-electron chi connectivity index (χ0n) is 10.3. The lowest BCUT2D eigenvalue weighted by Gasteiger charge is -2.24. The van der Waals surface area contributed by atoms with Gasteiger partial charge in [0.05, 0.1) is 5.02 Å². The van der Waals surface area contributed by atoms with Crippen LogP contribution < -0.4 is 10.1 Å². The molecule has 17 heavy (non-hydrogen) atoms. The molecule has 0 aliphatic carbocycles. The van der Waals surface area contributed by atoms with Crippen LogP contribution in [0, 0.1) is 5.92 Å². The Hall–Kier alpha value is -0.730. The highest BCUT2D eigenvalue weighted by molar-refractivity contribution is 6.32. The minimum absolute atomic E-state index is 0.287. The van der Waals surface area contributed by atoms with Gasteiger partial charge in [-0.05, 0) is 31.5 Å². The first-order valence-corrected chi connectivity index (χ1v) is 6.81. The molecule has 0 saturated carbocycles. The van der Waals surface area contributed by atoms with Gasteiger partial charge in [0.2, 0.25) is 0 Å². The van der Waals surface area contributed by atoms with Crippen LogP contribution in [0.1, 0.15) is 26.2 Å². The number of para-hydroxylation sites is 1. The Kier molecular flexibility index (Phi) is 4.69. The van der Waals surface area contributed by atoms with Crippen molar-refractivity contribution in [2.45, 2.75) is 32.3 Å². The molecule has 0 spiro atoms. The van der Waals surface area contributed by atoms with Crippen LogP contribution in [-0.4, -0.2) is 19.2 Å². The fraction of sp³-hybridized carbons (Fsp3) is 0.571. The summed E-state index contributed by atoms with van der Waals surface area (Å²) < 4.78 is 6.10. The third kappa shape index (κ3) is 3.36. The van der Waals surface area contributed by atoms with Crippen molar-refractivity contribution in [1.29, 1.82) is 0 Å². The molecule has 1 saturated heterocycles. The summed E-state index contributed by atoms with van der Waals surface area (Å²) in [5, 5.41) is 4.11. The lowest BCUT2D eigenvalue weighted by Crippen LogP contribution is -2.28. The van der Waals surface area contributed by atoms with Crippen LogP contribution in [0.5, 0.6) is 5.75 Å². The number of rotatable bonds is 5. The molecule has 1 N–H and O–H groups in total. The number of hydrogen-bond acceptors (Lipinski definition) is 2. The highest BCUT2D eigenvalue weighted by Gasteiger charge is 2.26. The number of halogens is 1. The normalized spacial score (nSPS) is 21.4. The molecule has 1 aromatic carbocycles. The highest BCUT2D eigenvalue weighted by Crippen LogP contribution is 2.28. The summed E-state index contributed by atoms with van der Waals surface area (Å²) in [7, 11) is 0. The van der Waals surface area contributed by atoms with Crippen molar-refractivity contribution in [3.8, 4) is 5.75 Å². The van der Waals surface area contributed by atoms with E-state index in [-0.39, 0.29) is 6.10 Å². The van der Waals surface area contributed by atoms with Crippen molar-refractivity contribution in [2.24, 2.45) is 5.92 Å². The van der Waals surface area contributed by atoms with Crippen LogP contribution in [0.15, 0.2) is 24.3 Å². The Morgan fingerprint density at radius 2 is 2.29 bits per heavy atom. The Morgan fingerprint density at radius 3 is 2.94 bits per heavy atom. The number of hydrogen-bond donors (Lipinski definition) is 1. The Balaban J connectivity index is 2.04. The molecule has 0 amide bonds. The van der Waals surface area contributed by atoms with E-state index in [2.05, 4.69) is 12.2 Å². The topological polar surface area (TPSA) is 21.3 Å². The van der Waals surface area contributed by atoms with Gasteiger partial charge in [-0.1, -0.05) is 37.1 Å². The first-order valence-electron chi connectivity index (χ1n) is 6.43. The van der Waals surface area contributed by atoms with Gasteiger partial charge in [-0.15, -0.1) is 0 Å². The number of nitrogens with one attached hydrogen (secondary N) is 1. The van der Waals surface area contributed by atoms with E-state index < -0.39 is 0 Å². The van der Waals surface area contributed by atoms with E-state index in [0.29, 0.717) is 10.9 Å². The van der Waals surface area contributed by atoms with Crippen LogP contribution >= 0.6 is 11.6 Å². The van der Waals surface area contributed by atoms with Gasteiger partial charge in [-0.25, -0.2) is 0 Å². The van der Waals surface area contributed by atoms with Crippen molar-refractivity contribution in [3.63, 3.8) is 0 Å². The lowest BCUT2D eigenvalue weighted by atomic mass is 9.97. The third-order valence-corrected chi connectivity index (χ3v) is 3.62. The fourth-order valence-corrected chi connectivity index (χ4v) is 2.55. The molecule has 0 aromatic heterocycles. The molecular weight excluding hydrogens is 234 g/mol. The van der Waals surface area contributed by atoms with Crippen LogP contribution in [0.2, 0.25) is 5.02 Å². The van der Waals surface area contributed by atoms with Gasteiger partial charge >= 0.3 is 0 Å². The highest BCUT2D eigenvalue weighted by atomic mass is 35.5. The third-order valence-electron chi connectivity index (χ3n) is 3.31. The van der Waals surface area contributed by atoms with Crippen molar-refractivity contribution < 1.29 is 4.74 Å². The van der Waals surface area contributed by atoms with Gasteiger partial charge in [0.15, 0.2) is 0 Å². The monoisotopic (exact) mass is 253 g/mol. The van der Waals surface area contributed by atoms with E-state index in [1.165, 1.54) is 6.42 Å². The van der Waals surface area contributed by atoms with Gasteiger partial charge in [0, 0.05) is 12.5 Å². The van der Waals surface area contributed by atoms with Crippen LogP contribution in [0.3, 0.4) is 0 Å². The fourth-order valence-electron chi connectivity index (χ4n) is 2.37. The largest absolute Gasteiger partial charge is 0.489 e. The molecule has 0 bridgehead atoms. The molecule has 0 radical (unpaired) electrons. The molecule has 2 atom stereocenters. The second-order valence-corrected chi connectivity index (χ2v) is 5.04. The van der Waals surface area contributed by atoms with Crippen molar-refractivity contribution in [1.82, 2.24) is 5.32 Å². The predicted octanol–water partition coefficient (Wildman–Crippen LogP) is 3.50. The quantitative estimate of drug-likeness (QED) is 0.867. The van der Waals surface area contributed by atoms with E-state index >= 15 is 0 Å². The zero-order chi connectivity index (χ0) is 12.1. The van der Waals surface area contributed by atoms with Crippen LogP contribution in [-0.2, 0) is 0 Å². The van der Waals surface area contributed by atoms with Gasteiger partial charge in [-0.3, -0.25) is 0 Å². The summed E-state index contributed by atoms with van der Waals surface area (Å²) in [6.07, 6.45) is 3.73. The molecule has 1 heterocycles. The summed E-state index contributed by atoms with van der Waals surface area (Å²) >= 11 is 6.13. The minimum Gasteiger partial charge on any atom is -0.489 e. The summed E-state index contributed by atoms with van der Waals surface area (Å²) in [5.41, 5.74) is 0. The summed E-state index contributed by atoms with van der Waals surface area (Å²) in [5.74, 6) is 1.44. The van der Waals surface area contributed by atoms with Gasteiger partial charge in [0.25, 0.3) is 0 Å². The number of ether oxygens (including phenoxy) is 1. The summed E-state index contributed by atoms with van der Waals surface area (Å²) in [6.45, 7) is 4.37. The van der Waals surface area contributed by atoms with Crippen LogP contribution in [0.25, 0.3) is 0 Å². The lowest BCUT2D eigenvalue weighted by molar-refractivity contribution is 0.132. The zero-order valence-corrected chi connectivity index (χ0v) is 11.0. The first kappa shape index (κ1) is 12.7. The smallest absolute Gasteiger partial charge is 0.138 e. The van der Waals surface area contributed by atoms with Gasteiger partial charge in [-0.2, -0.15) is 0 Å². The molecule has 1 aliphatic rings. The van der Waals surface area contributed by atoms with Crippen molar-refractivity contribution >= 4 is 11.6 Å². The molecule has 1 aromatic rings. The van der Waals surface area contributed by atoms with Crippen molar-refractivity contribution in [3.05, 3.63) is 29.3 Å². The molecule has 2 rings (SSSR count). The van der Waals surface area contributed by atoms with Crippen LogP contribution in [0.4, 0.5) is 0 Å². The van der Waals surface area contributed by atoms with E-state index in [0.717, 1.165) is 31.7 Å². The minimum atomic E-state index is 0.287. The maximum Gasteiger partial charge on any atom is 0.138 e.